The zero-order chi connectivity index (χ0) is 36.1. The maximum Gasteiger partial charge on any atom is 0.251 e. The van der Waals surface area contributed by atoms with Gasteiger partial charge >= 0.3 is 0 Å². The van der Waals surface area contributed by atoms with E-state index in [4.69, 9.17) is 43.1 Å². The van der Waals surface area contributed by atoms with Crippen LogP contribution in [-0.2, 0) is 15.8 Å². The van der Waals surface area contributed by atoms with Crippen LogP contribution in [0.1, 0.15) is 39.8 Å². The van der Waals surface area contributed by atoms with Gasteiger partial charge in [-0.3, -0.25) is 9.59 Å². The van der Waals surface area contributed by atoms with Gasteiger partial charge in [-0.1, -0.05) is 35.3 Å². The predicted octanol–water partition coefficient (Wildman–Crippen LogP) is 6.01. The number of nitrogens with one attached hydrogen (secondary N) is 1. The van der Waals surface area contributed by atoms with Crippen LogP contribution in [0, 0.1) is 18.6 Å². The monoisotopic (exact) mass is 722 g/mol. The van der Waals surface area contributed by atoms with E-state index in [1.54, 1.807) is 37.3 Å². The molecule has 50 heavy (non-hydrogen) atoms. The third-order valence-corrected chi connectivity index (χ3v) is 9.52. The van der Waals surface area contributed by atoms with Crippen LogP contribution in [0.4, 0.5) is 8.78 Å². The molecule has 3 heterocycles. The van der Waals surface area contributed by atoms with E-state index in [9.17, 15) is 19.1 Å². The van der Waals surface area contributed by atoms with Gasteiger partial charge in [0.2, 0.25) is 5.91 Å². The highest BCUT2D eigenvalue weighted by molar-refractivity contribution is 6.32. The normalized spacial score (nSPS) is 16.3. The van der Waals surface area contributed by atoms with Crippen LogP contribution in [-0.4, -0.2) is 54.3 Å². The van der Waals surface area contributed by atoms with E-state index in [0.29, 0.717) is 39.2 Å². The Bertz CT molecular complexity index is 2220. The second-order valence-corrected chi connectivity index (χ2v) is 12.9. The highest BCUT2D eigenvalue weighted by Crippen LogP contribution is 2.47. The lowest BCUT2D eigenvalue weighted by Crippen LogP contribution is -2.43. The summed E-state index contributed by atoms with van der Waals surface area (Å²) in [6, 6.07) is 14.2. The van der Waals surface area contributed by atoms with Crippen molar-refractivity contribution in [1.82, 2.24) is 15.3 Å². The maximum atomic E-state index is 15.4. The van der Waals surface area contributed by atoms with Gasteiger partial charge in [0.15, 0.2) is 0 Å². The molecule has 5 aromatic rings. The first-order valence-electron chi connectivity index (χ1n) is 15.1. The number of primary amides is 1. The fourth-order valence-electron chi connectivity index (χ4n) is 5.82. The van der Waals surface area contributed by atoms with Gasteiger partial charge in [-0.2, -0.15) is 0 Å². The maximum absolute atomic E-state index is 15.4. The Labute approximate surface area is 295 Å². The molecule has 0 radical (unpaired) electrons. The Morgan fingerprint density at radius 1 is 1.04 bits per heavy atom. The van der Waals surface area contributed by atoms with Gasteiger partial charge in [0.1, 0.15) is 57.7 Å². The van der Waals surface area contributed by atoms with Crippen LogP contribution in [0.25, 0.3) is 22.2 Å². The molecule has 0 saturated carbocycles. The first-order valence-corrected chi connectivity index (χ1v) is 15.9. The number of nitrogens with zero attached hydrogens (tertiary/aromatic N) is 2. The van der Waals surface area contributed by atoms with Gasteiger partial charge in [0, 0.05) is 28.1 Å². The largest absolute Gasteiger partial charge is 0.497 e. The van der Waals surface area contributed by atoms with Crippen LogP contribution in [0.15, 0.2) is 60.7 Å². The number of hydrogen-bond donors (Lipinski definition) is 3. The summed E-state index contributed by atoms with van der Waals surface area (Å²) < 4.78 is 46.4. The topological polar surface area (TPSA) is 146 Å². The molecule has 0 bridgehead atoms. The minimum Gasteiger partial charge on any atom is -0.497 e. The molecule has 0 saturated heterocycles. The summed E-state index contributed by atoms with van der Waals surface area (Å²) in [5, 5.41) is 16.0. The van der Waals surface area contributed by atoms with Crippen molar-refractivity contribution in [1.29, 1.82) is 0 Å². The molecule has 4 N–H and O–H groups in total. The Hall–Kier alpha value is -5.04. The molecule has 0 spiro atoms. The third kappa shape index (κ3) is 5.93. The lowest BCUT2D eigenvalue weighted by Gasteiger charge is -2.30. The summed E-state index contributed by atoms with van der Waals surface area (Å²) in [4.78, 5) is 35.7. The van der Waals surface area contributed by atoms with Gasteiger partial charge in [0.05, 0.1) is 42.2 Å². The van der Waals surface area contributed by atoms with E-state index < -0.39 is 46.0 Å². The van der Waals surface area contributed by atoms with Crippen molar-refractivity contribution in [3.8, 4) is 28.5 Å². The number of aliphatic hydroxyl groups is 1. The molecule has 10 nitrogen and oxygen atoms in total. The number of fused-ring (bicyclic) bond motifs is 2. The lowest BCUT2D eigenvalue weighted by atomic mass is 9.80. The number of amides is 2. The number of aromatic nitrogens is 2. The van der Waals surface area contributed by atoms with Crippen molar-refractivity contribution in [2.24, 2.45) is 5.73 Å². The Morgan fingerprint density at radius 2 is 1.80 bits per heavy atom. The Morgan fingerprint density at radius 3 is 2.50 bits per heavy atom. The van der Waals surface area contributed by atoms with E-state index in [0.717, 1.165) is 6.07 Å². The number of pyridine rings is 2. The third-order valence-electron chi connectivity index (χ3n) is 8.85. The van der Waals surface area contributed by atoms with Gasteiger partial charge in [-0.15, -0.1) is 0 Å². The van der Waals surface area contributed by atoms with Crippen LogP contribution in [0.5, 0.6) is 17.2 Å². The molecule has 2 aromatic heterocycles. The molecule has 1 aliphatic rings. The van der Waals surface area contributed by atoms with Crippen molar-refractivity contribution in [2.75, 3.05) is 27.4 Å². The predicted molar refractivity (Wildman–Crippen MR) is 183 cm³/mol. The fraction of sp³-hybridized carbons (Fsp3) is 0.222. The van der Waals surface area contributed by atoms with Gasteiger partial charge in [-0.25, -0.2) is 18.7 Å². The van der Waals surface area contributed by atoms with Crippen LogP contribution < -0.4 is 25.3 Å². The van der Waals surface area contributed by atoms with E-state index in [2.05, 4.69) is 15.3 Å². The molecule has 2 atom stereocenters. The second kappa shape index (κ2) is 13.0. The molecule has 2 amide bonds. The summed E-state index contributed by atoms with van der Waals surface area (Å²) in [6.45, 7) is 2.57. The number of nitrogens with two attached hydrogens (primary N) is 1. The first-order chi connectivity index (χ1) is 23.7. The number of benzene rings is 3. The molecular weight excluding hydrogens is 693 g/mol. The van der Waals surface area contributed by atoms with Crippen molar-refractivity contribution in [2.45, 2.75) is 24.9 Å². The minimum absolute atomic E-state index is 0.000539. The molecular formula is C36H30Cl2F2N4O6. The smallest absolute Gasteiger partial charge is 0.251 e. The number of methoxy groups -OCH3 is 2. The van der Waals surface area contributed by atoms with Gasteiger partial charge < -0.3 is 30.4 Å². The minimum atomic E-state index is -2.15. The average molecular weight is 724 g/mol. The van der Waals surface area contributed by atoms with E-state index in [1.165, 1.54) is 39.3 Å². The first kappa shape index (κ1) is 34.8. The quantitative estimate of drug-likeness (QED) is 0.157. The Balaban J connectivity index is 1.52. The standard InChI is InChI=1S/C36H30Cl2F2N4O6/c1-17-24(37)9-18-8-19(10-28(49-4)30(18)43-17)33(45)42-15-36(47,20-6-5-7-21(11-20)48-3)29-13-23-32(50-16-35(23,2)34(41)46)31(44-29)22-12-25(38)27(40)14-26(22)39/h5-14,47H,15-16H2,1-4H3,(H2,41,46)(H,42,45)/t35-,36+/m0/s1. The SMILES string of the molecule is COc1cccc([C@](O)(CNC(=O)c2cc(OC)c3nc(C)c(Cl)cc3c2)c2cc3c(c(-c4cc(Cl)c(F)cc4F)n2)OC[C@]3(C)C(N)=O)c1. The highest BCUT2D eigenvalue weighted by atomic mass is 35.5. The summed E-state index contributed by atoms with van der Waals surface area (Å²) in [7, 11) is 2.89. The molecule has 0 unspecified atom stereocenters. The molecule has 1 aliphatic heterocycles. The van der Waals surface area contributed by atoms with Crippen LogP contribution >= 0.6 is 23.2 Å². The summed E-state index contributed by atoms with van der Waals surface area (Å²) in [5.41, 5.74) is 3.34. The van der Waals surface area contributed by atoms with E-state index in [-0.39, 0.29) is 46.0 Å². The molecule has 3 aromatic carbocycles. The van der Waals surface area contributed by atoms with Crippen molar-refractivity contribution < 1.29 is 37.7 Å². The summed E-state index contributed by atoms with van der Waals surface area (Å²) in [6.07, 6.45) is 0. The molecule has 258 valence electrons. The summed E-state index contributed by atoms with van der Waals surface area (Å²) in [5.74, 6) is -2.70. The van der Waals surface area contributed by atoms with Gasteiger partial charge in [0.25, 0.3) is 5.91 Å². The molecule has 0 fully saturated rings. The van der Waals surface area contributed by atoms with Crippen molar-refractivity contribution >= 4 is 45.9 Å². The number of rotatable bonds is 9. The number of aryl methyl sites for hydroxylation is 1. The molecule has 0 aliphatic carbocycles. The summed E-state index contributed by atoms with van der Waals surface area (Å²) >= 11 is 12.4. The Kier molecular flexibility index (Phi) is 9.06. The highest BCUT2D eigenvalue weighted by Gasteiger charge is 2.46. The lowest BCUT2D eigenvalue weighted by molar-refractivity contribution is -0.123. The zero-order valence-electron chi connectivity index (χ0n) is 27.2. The fourth-order valence-corrected chi connectivity index (χ4v) is 6.15. The average Bonchev–Trinajstić information content (AvgIpc) is 3.46. The zero-order valence-corrected chi connectivity index (χ0v) is 28.7. The number of carbonyl (C=O) groups is 2. The molecule has 6 rings (SSSR count). The van der Waals surface area contributed by atoms with Crippen LogP contribution in [0.2, 0.25) is 10.0 Å². The van der Waals surface area contributed by atoms with Crippen molar-refractivity contribution in [3.05, 3.63) is 110 Å². The molecule has 14 heteroatoms. The number of hydrogen-bond acceptors (Lipinski definition) is 8. The van der Waals surface area contributed by atoms with Crippen LogP contribution in [0.3, 0.4) is 0 Å². The number of carbonyl (C=O) groups excluding carboxylic acids is 2. The van der Waals surface area contributed by atoms with Gasteiger partial charge in [-0.05, 0) is 61.9 Å². The van der Waals surface area contributed by atoms with E-state index >= 15 is 4.39 Å². The van der Waals surface area contributed by atoms with E-state index in [1.807, 2.05) is 0 Å². The number of ether oxygens (including phenoxy) is 3. The van der Waals surface area contributed by atoms with Crippen molar-refractivity contribution in [3.63, 3.8) is 0 Å². The second-order valence-electron chi connectivity index (χ2n) is 12.0. The number of halogens is 4.